The van der Waals surface area contributed by atoms with Gasteiger partial charge >= 0.3 is 5.97 Å². The van der Waals surface area contributed by atoms with Gasteiger partial charge in [-0.05, 0) is 56.0 Å². The lowest BCUT2D eigenvalue weighted by Gasteiger charge is -2.21. The Morgan fingerprint density at radius 2 is 1.89 bits per heavy atom. The average molecular weight is 322 g/mol. The van der Waals surface area contributed by atoms with E-state index in [1.165, 1.54) is 0 Å². The van der Waals surface area contributed by atoms with Gasteiger partial charge in [0.05, 0.1) is 6.10 Å². The van der Waals surface area contributed by atoms with E-state index in [0.717, 1.165) is 0 Å². The van der Waals surface area contributed by atoms with Crippen LogP contribution in [0.25, 0.3) is 0 Å². The number of nitrogens with one attached hydrogen (secondary N) is 1. The summed E-state index contributed by atoms with van der Waals surface area (Å²) in [7, 11) is 0. The first-order chi connectivity index (χ1) is 8.80. The summed E-state index contributed by atoms with van der Waals surface area (Å²) in [4.78, 5) is 11.7. The normalized spacial score (nSPS) is 15.6. The van der Waals surface area contributed by atoms with Crippen LogP contribution in [0.15, 0.2) is 30.3 Å². The highest BCUT2D eigenvalue weighted by Crippen LogP contribution is 2.48. The molecule has 0 spiro atoms. The predicted octanol–water partition coefficient (Wildman–Crippen LogP) is 3.46. The molecule has 1 aromatic carbocycles. The molecule has 1 rings (SSSR count). The van der Waals surface area contributed by atoms with E-state index in [9.17, 15) is 4.79 Å². The molecular weight excluding hydrogens is 305 g/mol. The van der Waals surface area contributed by atoms with Gasteiger partial charge in [0.25, 0.3) is 5.77 Å². The Morgan fingerprint density at radius 3 is 2.42 bits per heavy atom. The largest absolute Gasteiger partial charge is 0.462 e. The Morgan fingerprint density at radius 1 is 1.32 bits per heavy atom. The van der Waals surface area contributed by atoms with Crippen molar-refractivity contribution >= 4 is 34.8 Å². The average Bonchev–Trinajstić information content (AvgIpc) is 2.27. The Kier molecular flexibility index (Phi) is 6.27. The second kappa shape index (κ2) is 7.25. The molecule has 0 aliphatic heterocycles. The van der Waals surface area contributed by atoms with E-state index >= 15 is 0 Å². The summed E-state index contributed by atoms with van der Waals surface area (Å²) in [5.74, 6) is -2.65. The number of hydrogen-bond donors (Lipinski definition) is 1. The van der Waals surface area contributed by atoms with Gasteiger partial charge < -0.3 is 9.26 Å². The molecule has 0 aliphatic carbocycles. The summed E-state index contributed by atoms with van der Waals surface area (Å²) >= 11 is 11.3. The third kappa shape index (κ3) is 6.39. The van der Waals surface area contributed by atoms with Crippen LogP contribution in [0.1, 0.15) is 20.8 Å². The molecule has 0 bridgehead atoms. The minimum Gasteiger partial charge on any atom is -0.462 e. The third-order valence-electron chi connectivity index (χ3n) is 2.02. The van der Waals surface area contributed by atoms with Crippen LogP contribution in [0.5, 0.6) is 5.75 Å². The van der Waals surface area contributed by atoms with Gasteiger partial charge in [0.15, 0.2) is 0 Å². The Labute approximate surface area is 123 Å². The maximum absolute atomic E-state index is 11.7. The second-order valence-corrected chi connectivity index (χ2v) is 9.19. The van der Waals surface area contributed by atoms with Gasteiger partial charge in [-0.25, -0.2) is 5.09 Å². The topological polar surface area (TPSA) is 47.6 Å². The predicted molar refractivity (Wildman–Crippen MR) is 81.0 cm³/mol. The first-order valence-electron chi connectivity index (χ1n) is 5.83. The number of halogens is 1. The molecule has 0 saturated heterocycles. The SMILES string of the molecule is CC(C)OC(=O)[C@H](C)N[P@@](=S)(Cl)Oc1ccccc1. The van der Waals surface area contributed by atoms with Crippen molar-refractivity contribution in [2.45, 2.75) is 32.9 Å². The molecule has 0 amide bonds. The zero-order valence-corrected chi connectivity index (χ0v) is 13.5. The number of carbonyl (C=O) groups excluding carboxylic acids is 1. The monoisotopic (exact) mass is 321 g/mol. The molecule has 0 unspecified atom stereocenters. The van der Waals surface area contributed by atoms with Crippen LogP contribution in [0.4, 0.5) is 0 Å². The molecule has 106 valence electrons. The molecule has 2 atom stereocenters. The molecular formula is C12H17ClNO3PS. The number of carbonyl (C=O) groups is 1. The van der Waals surface area contributed by atoms with Gasteiger partial charge in [-0.2, -0.15) is 0 Å². The Hall–Kier alpha value is -0.610. The lowest BCUT2D eigenvalue weighted by molar-refractivity contribution is -0.148. The maximum atomic E-state index is 11.7. The number of rotatable bonds is 6. The highest BCUT2D eigenvalue weighted by Gasteiger charge is 2.24. The smallest absolute Gasteiger partial charge is 0.323 e. The molecule has 1 N–H and O–H groups in total. The van der Waals surface area contributed by atoms with Crippen molar-refractivity contribution in [1.29, 1.82) is 0 Å². The first-order valence-corrected chi connectivity index (χ1v) is 9.45. The standard InChI is InChI=1S/C12H17ClNO3PS/c1-9(2)16-12(15)10(3)14-18(13,19)17-11-7-5-4-6-8-11/h4-10H,1-3H3,(H,14,19)/t10-,18-/m0/s1. The second-order valence-electron chi connectivity index (χ2n) is 4.22. The van der Waals surface area contributed by atoms with Gasteiger partial charge in [-0.1, -0.05) is 18.2 Å². The van der Waals surface area contributed by atoms with Crippen molar-refractivity contribution in [2.75, 3.05) is 0 Å². The number of ether oxygens (including phenoxy) is 1. The molecule has 0 heterocycles. The van der Waals surface area contributed by atoms with Gasteiger partial charge in [0.1, 0.15) is 11.8 Å². The van der Waals surface area contributed by atoms with Crippen molar-refractivity contribution in [3.05, 3.63) is 30.3 Å². The lowest BCUT2D eigenvalue weighted by atomic mass is 10.3. The summed E-state index contributed by atoms with van der Waals surface area (Å²) in [6.07, 6.45) is -0.181. The number of para-hydroxylation sites is 1. The van der Waals surface area contributed by atoms with E-state index in [-0.39, 0.29) is 6.10 Å². The van der Waals surface area contributed by atoms with Crippen LogP contribution in [0.2, 0.25) is 0 Å². The van der Waals surface area contributed by atoms with Crippen molar-refractivity contribution in [3.8, 4) is 5.75 Å². The highest BCUT2D eigenvalue weighted by molar-refractivity contribution is 8.23. The lowest BCUT2D eigenvalue weighted by Crippen LogP contribution is -2.34. The van der Waals surface area contributed by atoms with Crippen LogP contribution in [-0.4, -0.2) is 18.1 Å². The Balaban J connectivity index is 2.59. The summed E-state index contributed by atoms with van der Waals surface area (Å²) in [6.45, 7) is 5.20. The molecule has 19 heavy (non-hydrogen) atoms. The van der Waals surface area contributed by atoms with Crippen LogP contribution in [-0.2, 0) is 21.3 Å². The van der Waals surface area contributed by atoms with E-state index < -0.39 is 17.8 Å². The molecule has 0 saturated carbocycles. The fraction of sp³-hybridized carbons (Fsp3) is 0.417. The molecule has 0 radical (unpaired) electrons. The van der Waals surface area contributed by atoms with Gasteiger partial charge in [-0.3, -0.25) is 4.79 Å². The molecule has 4 nitrogen and oxygen atoms in total. The van der Waals surface area contributed by atoms with Crippen molar-refractivity contribution in [1.82, 2.24) is 5.09 Å². The fourth-order valence-corrected chi connectivity index (χ4v) is 3.69. The van der Waals surface area contributed by atoms with E-state index in [1.807, 2.05) is 18.2 Å². The van der Waals surface area contributed by atoms with Crippen molar-refractivity contribution in [2.24, 2.45) is 0 Å². The van der Waals surface area contributed by atoms with Gasteiger partial charge in [-0.15, -0.1) is 0 Å². The van der Waals surface area contributed by atoms with Crippen LogP contribution in [0, 0.1) is 0 Å². The molecule has 1 aromatic rings. The summed E-state index contributed by atoms with van der Waals surface area (Å²) in [6, 6.07) is 8.38. The van der Waals surface area contributed by atoms with Crippen LogP contribution < -0.4 is 9.61 Å². The molecule has 0 fully saturated rings. The fourth-order valence-electron chi connectivity index (χ4n) is 1.26. The van der Waals surface area contributed by atoms with Crippen molar-refractivity contribution in [3.63, 3.8) is 0 Å². The summed E-state index contributed by atoms with van der Waals surface area (Å²) in [5.41, 5.74) is 0. The maximum Gasteiger partial charge on any atom is 0.323 e. The number of hydrogen-bond acceptors (Lipinski definition) is 4. The van der Waals surface area contributed by atoms with E-state index in [0.29, 0.717) is 5.75 Å². The number of esters is 1. The van der Waals surface area contributed by atoms with Gasteiger partial charge in [0.2, 0.25) is 0 Å². The van der Waals surface area contributed by atoms with Crippen molar-refractivity contribution < 1.29 is 14.1 Å². The zero-order valence-electron chi connectivity index (χ0n) is 11.0. The van der Waals surface area contributed by atoms with Crippen LogP contribution >= 0.6 is 17.0 Å². The highest BCUT2D eigenvalue weighted by atomic mass is 35.7. The minimum atomic E-state index is -2.81. The van der Waals surface area contributed by atoms with E-state index in [1.54, 1.807) is 32.9 Å². The zero-order chi connectivity index (χ0) is 14.5. The quantitative estimate of drug-likeness (QED) is 0.642. The van der Waals surface area contributed by atoms with E-state index in [2.05, 4.69) is 5.09 Å². The summed E-state index contributed by atoms with van der Waals surface area (Å²) in [5, 5.41) is 2.80. The molecule has 7 heteroatoms. The van der Waals surface area contributed by atoms with E-state index in [4.69, 9.17) is 32.3 Å². The molecule has 0 aromatic heterocycles. The van der Waals surface area contributed by atoms with Gasteiger partial charge in [0, 0.05) is 0 Å². The Bertz CT molecular complexity index is 469. The number of benzene rings is 1. The molecule has 0 aliphatic rings. The first kappa shape index (κ1) is 16.4. The summed E-state index contributed by atoms with van der Waals surface area (Å²) < 4.78 is 10.6. The van der Waals surface area contributed by atoms with Crippen LogP contribution in [0.3, 0.4) is 0 Å². The minimum absolute atomic E-state index is 0.181. The third-order valence-corrected chi connectivity index (χ3v) is 4.20.